The quantitative estimate of drug-likeness (QED) is 0.470. The molecule has 8 nitrogen and oxygen atoms in total. The normalized spacial score (nSPS) is 20.9. The van der Waals surface area contributed by atoms with E-state index in [0.717, 1.165) is 0 Å². The molecule has 0 fully saturated rings. The van der Waals surface area contributed by atoms with E-state index in [2.05, 4.69) is 10.6 Å². The molecule has 2 N–H and O–H groups in total. The van der Waals surface area contributed by atoms with Gasteiger partial charge in [0.25, 0.3) is 5.69 Å². The van der Waals surface area contributed by atoms with E-state index in [-0.39, 0.29) is 17.9 Å². The Balaban J connectivity index is 2.06. The molecule has 2 aliphatic heterocycles. The number of benzene rings is 1. The van der Waals surface area contributed by atoms with Crippen LogP contribution in [0.2, 0.25) is 0 Å². The van der Waals surface area contributed by atoms with E-state index in [0.29, 0.717) is 11.3 Å². The number of hydrogen-bond acceptors (Lipinski definition) is 5. The van der Waals surface area contributed by atoms with Gasteiger partial charge in [0.15, 0.2) is 0 Å². The first-order valence-electron chi connectivity index (χ1n) is 5.78. The number of urea groups is 1. The van der Waals surface area contributed by atoms with E-state index in [1.165, 1.54) is 18.2 Å². The molecule has 1 aromatic carbocycles. The SMILES string of the molecule is O=C1NC2=C(C(=O)OC2)[C@H](c2cccc([N+](=O)[O-])c2)N1. The van der Waals surface area contributed by atoms with Gasteiger partial charge >= 0.3 is 12.0 Å². The number of nitro benzene ring substituents is 1. The third kappa shape index (κ3) is 1.87. The number of amides is 2. The molecule has 20 heavy (non-hydrogen) atoms. The van der Waals surface area contributed by atoms with Gasteiger partial charge in [-0.15, -0.1) is 0 Å². The second kappa shape index (κ2) is 4.34. The van der Waals surface area contributed by atoms with Crippen molar-refractivity contribution in [1.29, 1.82) is 0 Å². The maximum absolute atomic E-state index is 11.7. The predicted molar refractivity (Wildman–Crippen MR) is 65.5 cm³/mol. The maximum Gasteiger partial charge on any atom is 0.338 e. The maximum atomic E-state index is 11.7. The largest absolute Gasteiger partial charge is 0.456 e. The molecule has 1 atom stereocenters. The highest BCUT2D eigenvalue weighted by molar-refractivity contribution is 5.97. The van der Waals surface area contributed by atoms with Gasteiger partial charge in [0.05, 0.1) is 22.2 Å². The second-order valence-corrected chi connectivity index (χ2v) is 4.35. The number of rotatable bonds is 2. The highest BCUT2D eigenvalue weighted by atomic mass is 16.6. The molecule has 0 unspecified atom stereocenters. The van der Waals surface area contributed by atoms with Gasteiger partial charge in [-0.25, -0.2) is 9.59 Å². The van der Waals surface area contributed by atoms with Gasteiger partial charge in [-0.05, 0) is 5.56 Å². The Morgan fingerprint density at radius 3 is 2.90 bits per heavy atom. The van der Waals surface area contributed by atoms with Crippen LogP contribution in [-0.4, -0.2) is 23.5 Å². The Kier molecular flexibility index (Phi) is 2.63. The van der Waals surface area contributed by atoms with E-state index in [1.54, 1.807) is 6.07 Å². The van der Waals surface area contributed by atoms with Gasteiger partial charge in [0, 0.05) is 12.1 Å². The summed E-state index contributed by atoms with van der Waals surface area (Å²) in [6.07, 6.45) is 0. The first-order chi connectivity index (χ1) is 9.56. The molecule has 0 radical (unpaired) electrons. The average molecular weight is 275 g/mol. The molecule has 1 aromatic rings. The number of carbonyl (C=O) groups is 2. The molecule has 0 saturated carbocycles. The summed E-state index contributed by atoms with van der Waals surface area (Å²) in [5, 5.41) is 15.9. The van der Waals surface area contributed by atoms with Gasteiger partial charge < -0.3 is 15.4 Å². The van der Waals surface area contributed by atoms with Crippen LogP contribution in [-0.2, 0) is 9.53 Å². The first-order valence-corrected chi connectivity index (χ1v) is 5.78. The smallest absolute Gasteiger partial charge is 0.338 e. The van der Waals surface area contributed by atoms with Gasteiger partial charge in [0.1, 0.15) is 6.61 Å². The summed E-state index contributed by atoms with van der Waals surface area (Å²) < 4.78 is 4.88. The van der Waals surface area contributed by atoms with Crippen LogP contribution in [0, 0.1) is 10.1 Å². The highest BCUT2D eigenvalue weighted by Gasteiger charge is 2.38. The third-order valence-corrected chi connectivity index (χ3v) is 3.14. The van der Waals surface area contributed by atoms with Crippen molar-refractivity contribution >= 4 is 17.7 Å². The number of nitrogens with one attached hydrogen (secondary N) is 2. The molecular weight excluding hydrogens is 266 g/mol. The van der Waals surface area contributed by atoms with E-state index < -0.39 is 23.0 Å². The van der Waals surface area contributed by atoms with Crippen LogP contribution in [0.15, 0.2) is 35.5 Å². The summed E-state index contributed by atoms with van der Waals surface area (Å²) in [5.74, 6) is -0.538. The number of nitro groups is 1. The van der Waals surface area contributed by atoms with Crippen molar-refractivity contribution in [1.82, 2.24) is 10.6 Å². The van der Waals surface area contributed by atoms with Gasteiger partial charge in [-0.1, -0.05) is 12.1 Å². The van der Waals surface area contributed by atoms with Crippen molar-refractivity contribution in [2.24, 2.45) is 0 Å². The van der Waals surface area contributed by atoms with Crippen LogP contribution in [0.4, 0.5) is 10.5 Å². The zero-order valence-corrected chi connectivity index (χ0v) is 10.1. The van der Waals surface area contributed by atoms with Crippen LogP contribution in [0.1, 0.15) is 11.6 Å². The Hall–Kier alpha value is -2.90. The monoisotopic (exact) mass is 275 g/mol. The molecule has 0 saturated heterocycles. The highest BCUT2D eigenvalue weighted by Crippen LogP contribution is 2.32. The van der Waals surface area contributed by atoms with Gasteiger partial charge in [-0.2, -0.15) is 0 Å². The van der Waals surface area contributed by atoms with E-state index in [9.17, 15) is 19.7 Å². The predicted octanol–water partition coefficient (Wildman–Crippen LogP) is 0.760. The molecule has 2 aliphatic rings. The van der Waals surface area contributed by atoms with Crippen molar-refractivity contribution in [3.63, 3.8) is 0 Å². The molecule has 0 bridgehead atoms. The van der Waals surface area contributed by atoms with Crippen molar-refractivity contribution in [3.8, 4) is 0 Å². The summed E-state index contributed by atoms with van der Waals surface area (Å²) >= 11 is 0. The fraction of sp³-hybridized carbons (Fsp3) is 0.167. The average Bonchev–Trinajstić information content (AvgIpc) is 2.79. The minimum atomic E-state index is -0.742. The van der Waals surface area contributed by atoms with Crippen LogP contribution in [0.25, 0.3) is 0 Å². The van der Waals surface area contributed by atoms with E-state index >= 15 is 0 Å². The lowest BCUT2D eigenvalue weighted by Crippen LogP contribution is -2.44. The molecule has 0 aromatic heterocycles. The minimum absolute atomic E-state index is 0.00696. The summed E-state index contributed by atoms with van der Waals surface area (Å²) in [4.78, 5) is 33.5. The van der Waals surface area contributed by atoms with Crippen molar-refractivity contribution in [2.75, 3.05) is 6.61 Å². The van der Waals surface area contributed by atoms with Crippen LogP contribution < -0.4 is 10.6 Å². The van der Waals surface area contributed by atoms with Crippen molar-refractivity contribution < 1.29 is 19.2 Å². The van der Waals surface area contributed by atoms with Gasteiger partial charge in [0.2, 0.25) is 0 Å². The standard InChI is InChI=1S/C12H9N3O5/c16-11-9-8(5-20-11)13-12(17)14-10(9)6-2-1-3-7(4-6)15(18)19/h1-4,10H,5H2,(H2,13,14,17)/t10-/m0/s1. The first kappa shape index (κ1) is 12.2. The Bertz CT molecular complexity index is 667. The number of esters is 1. The summed E-state index contributed by atoms with van der Waals surface area (Å²) in [5.41, 5.74) is 1.03. The van der Waals surface area contributed by atoms with Crippen molar-refractivity contribution in [3.05, 3.63) is 51.2 Å². The van der Waals surface area contributed by atoms with Gasteiger partial charge in [-0.3, -0.25) is 10.1 Å². The Morgan fingerprint density at radius 2 is 2.15 bits per heavy atom. The Morgan fingerprint density at radius 1 is 1.35 bits per heavy atom. The molecule has 102 valence electrons. The molecular formula is C12H9N3O5. The van der Waals surface area contributed by atoms with Crippen LogP contribution in [0.5, 0.6) is 0 Å². The zero-order chi connectivity index (χ0) is 14.3. The van der Waals surface area contributed by atoms with E-state index in [4.69, 9.17) is 4.74 Å². The lowest BCUT2D eigenvalue weighted by molar-refractivity contribution is -0.384. The third-order valence-electron chi connectivity index (χ3n) is 3.14. The number of carbonyl (C=O) groups excluding carboxylic acids is 2. The van der Waals surface area contributed by atoms with Crippen molar-refractivity contribution in [2.45, 2.75) is 6.04 Å². The number of nitrogens with zero attached hydrogens (tertiary/aromatic N) is 1. The fourth-order valence-corrected chi connectivity index (χ4v) is 2.26. The lowest BCUT2D eigenvalue weighted by atomic mass is 9.96. The zero-order valence-electron chi connectivity index (χ0n) is 10.1. The number of cyclic esters (lactones) is 1. The molecule has 3 rings (SSSR count). The molecule has 2 amide bonds. The number of hydrogen-bond donors (Lipinski definition) is 2. The number of non-ortho nitro benzene ring substituents is 1. The summed E-state index contributed by atoms with van der Waals surface area (Å²) in [6, 6.07) is 4.57. The topological polar surface area (TPSA) is 111 Å². The second-order valence-electron chi connectivity index (χ2n) is 4.35. The summed E-state index contributed by atoms with van der Waals surface area (Å²) in [7, 11) is 0. The fourth-order valence-electron chi connectivity index (χ4n) is 2.26. The lowest BCUT2D eigenvalue weighted by Gasteiger charge is -2.24. The number of ether oxygens (including phenoxy) is 1. The molecule has 2 heterocycles. The van der Waals surface area contributed by atoms with Crippen LogP contribution in [0.3, 0.4) is 0 Å². The Labute approximate surface area is 112 Å². The minimum Gasteiger partial charge on any atom is -0.456 e. The molecule has 0 aliphatic carbocycles. The summed E-state index contributed by atoms with van der Waals surface area (Å²) in [6.45, 7) is 0.00696. The van der Waals surface area contributed by atoms with E-state index in [1.807, 2.05) is 0 Å². The molecule has 8 heteroatoms. The molecule has 0 spiro atoms. The van der Waals surface area contributed by atoms with Crippen LogP contribution >= 0.6 is 0 Å².